The lowest BCUT2D eigenvalue weighted by Crippen LogP contribution is -2.11. The second-order valence-electron chi connectivity index (χ2n) is 4.11. The summed E-state index contributed by atoms with van der Waals surface area (Å²) < 4.78 is 40.0. The molecule has 0 unspecified atom stereocenters. The summed E-state index contributed by atoms with van der Waals surface area (Å²) >= 11 is 0. The molecule has 4 heteroatoms. The third-order valence-corrected chi connectivity index (χ3v) is 2.32. The largest absolute Gasteiger partial charge is 0.303 e. The Morgan fingerprint density at radius 2 is 1.94 bits per heavy atom. The fourth-order valence-electron chi connectivity index (χ4n) is 1.39. The van der Waals surface area contributed by atoms with Crippen molar-refractivity contribution in [2.24, 2.45) is 0 Å². The zero-order valence-corrected chi connectivity index (χ0v) is 9.19. The summed E-state index contributed by atoms with van der Waals surface area (Å²) in [6.07, 6.45) is 0.785. The first-order valence-electron chi connectivity index (χ1n) is 4.97. The highest BCUT2D eigenvalue weighted by Crippen LogP contribution is 2.28. The SMILES string of the molecule is CC(C)(F)c1cc(F)c(F)c(CCC=O)c1. The highest BCUT2D eigenvalue weighted by molar-refractivity contribution is 5.50. The van der Waals surface area contributed by atoms with Gasteiger partial charge >= 0.3 is 0 Å². The molecule has 0 N–H and O–H groups in total. The van der Waals surface area contributed by atoms with Gasteiger partial charge in [0.25, 0.3) is 0 Å². The van der Waals surface area contributed by atoms with Crippen LogP contribution in [0.4, 0.5) is 13.2 Å². The maximum atomic E-state index is 13.6. The summed E-state index contributed by atoms with van der Waals surface area (Å²) in [5.41, 5.74) is -1.62. The molecule has 0 aliphatic carbocycles. The number of alkyl halides is 1. The molecule has 0 amide bonds. The summed E-state index contributed by atoms with van der Waals surface area (Å²) in [6.45, 7) is 2.53. The molecular weight excluding hydrogens is 217 g/mol. The molecular formula is C12H13F3O. The van der Waals surface area contributed by atoms with Crippen molar-refractivity contribution in [1.29, 1.82) is 0 Å². The van der Waals surface area contributed by atoms with E-state index in [2.05, 4.69) is 0 Å². The number of benzene rings is 1. The van der Waals surface area contributed by atoms with Crippen LogP contribution in [0.15, 0.2) is 12.1 Å². The standard InChI is InChI=1S/C12H13F3O/c1-12(2,15)9-6-8(4-3-5-16)11(14)10(13)7-9/h5-7H,3-4H2,1-2H3. The third-order valence-electron chi connectivity index (χ3n) is 2.32. The number of hydrogen-bond acceptors (Lipinski definition) is 1. The molecule has 0 saturated carbocycles. The molecule has 0 bridgehead atoms. The first-order valence-corrected chi connectivity index (χ1v) is 4.97. The second kappa shape index (κ2) is 4.68. The van der Waals surface area contributed by atoms with E-state index in [0.29, 0.717) is 6.29 Å². The van der Waals surface area contributed by atoms with Crippen LogP contribution in [0, 0.1) is 11.6 Å². The molecule has 0 aliphatic heterocycles. The van der Waals surface area contributed by atoms with E-state index < -0.39 is 17.3 Å². The lowest BCUT2D eigenvalue weighted by atomic mass is 9.96. The zero-order chi connectivity index (χ0) is 12.3. The highest BCUT2D eigenvalue weighted by Gasteiger charge is 2.22. The number of hydrogen-bond donors (Lipinski definition) is 0. The maximum absolute atomic E-state index is 13.6. The van der Waals surface area contributed by atoms with E-state index in [4.69, 9.17) is 0 Å². The molecule has 1 nitrogen and oxygen atoms in total. The van der Waals surface area contributed by atoms with E-state index in [9.17, 15) is 18.0 Å². The van der Waals surface area contributed by atoms with Crippen molar-refractivity contribution >= 4 is 6.29 Å². The molecule has 0 fully saturated rings. The predicted molar refractivity (Wildman–Crippen MR) is 54.9 cm³/mol. The van der Waals surface area contributed by atoms with Crippen LogP contribution in [0.1, 0.15) is 31.4 Å². The van der Waals surface area contributed by atoms with Crippen LogP contribution in [0.5, 0.6) is 0 Å². The summed E-state index contributed by atoms with van der Waals surface area (Å²) in [5, 5.41) is 0. The topological polar surface area (TPSA) is 17.1 Å². The Morgan fingerprint density at radius 3 is 2.44 bits per heavy atom. The lowest BCUT2D eigenvalue weighted by molar-refractivity contribution is -0.107. The van der Waals surface area contributed by atoms with Gasteiger partial charge in [0, 0.05) is 6.42 Å². The monoisotopic (exact) mass is 230 g/mol. The van der Waals surface area contributed by atoms with E-state index in [1.54, 1.807) is 0 Å². The van der Waals surface area contributed by atoms with Crippen LogP contribution in [0.3, 0.4) is 0 Å². The summed E-state index contributed by atoms with van der Waals surface area (Å²) in [7, 11) is 0. The Labute approximate surface area is 92.3 Å². The molecule has 1 aromatic rings. The van der Waals surface area contributed by atoms with Gasteiger partial charge in [0.2, 0.25) is 0 Å². The van der Waals surface area contributed by atoms with E-state index in [0.717, 1.165) is 6.07 Å². The van der Waals surface area contributed by atoms with Crippen molar-refractivity contribution in [3.05, 3.63) is 34.9 Å². The number of halogens is 3. The molecule has 0 radical (unpaired) electrons. The molecule has 0 heterocycles. The zero-order valence-electron chi connectivity index (χ0n) is 9.19. The normalized spacial score (nSPS) is 11.6. The number of aldehydes is 1. The number of aryl methyl sites for hydroxylation is 1. The molecule has 16 heavy (non-hydrogen) atoms. The van der Waals surface area contributed by atoms with Gasteiger partial charge in [-0.3, -0.25) is 0 Å². The molecule has 0 atom stereocenters. The minimum atomic E-state index is -1.73. The third kappa shape index (κ3) is 2.84. The Morgan fingerprint density at radius 1 is 1.31 bits per heavy atom. The van der Waals surface area contributed by atoms with Crippen LogP contribution < -0.4 is 0 Å². The van der Waals surface area contributed by atoms with Crippen LogP contribution in [-0.2, 0) is 16.9 Å². The van der Waals surface area contributed by atoms with E-state index in [-0.39, 0.29) is 24.0 Å². The summed E-state index contributed by atoms with van der Waals surface area (Å²) in [6, 6.07) is 2.11. The van der Waals surface area contributed by atoms with Crippen LogP contribution in [-0.4, -0.2) is 6.29 Å². The Kier molecular flexibility index (Phi) is 3.73. The van der Waals surface area contributed by atoms with Crippen LogP contribution >= 0.6 is 0 Å². The smallest absolute Gasteiger partial charge is 0.162 e. The van der Waals surface area contributed by atoms with Gasteiger partial charge in [0.1, 0.15) is 12.0 Å². The molecule has 1 rings (SSSR count). The molecule has 0 spiro atoms. The van der Waals surface area contributed by atoms with Gasteiger partial charge in [-0.25, -0.2) is 13.2 Å². The molecule has 0 aromatic heterocycles. The van der Waals surface area contributed by atoms with Crippen molar-refractivity contribution in [2.45, 2.75) is 32.4 Å². The molecule has 0 saturated heterocycles. The first-order chi connectivity index (χ1) is 7.36. The van der Waals surface area contributed by atoms with Crippen molar-refractivity contribution in [2.75, 3.05) is 0 Å². The molecule has 0 aliphatic rings. The van der Waals surface area contributed by atoms with Gasteiger partial charge in [0.05, 0.1) is 0 Å². The fraction of sp³-hybridized carbons (Fsp3) is 0.417. The maximum Gasteiger partial charge on any atom is 0.162 e. The Balaban J connectivity index is 3.16. The summed E-state index contributed by atoms with van der Waals surface area (Å²) in [4.78, 5) is 10.2. The van der Waals surface area contributed by atoms with Gasteiger partial charge < -0.3 is 4.79 Å². The predicted octanol–water partition coefficient (Wildman–Crippen LogP) is 3.30. The van der Waals surface area contributed by atoms with Crippen molar-refractivity contribution < 1.29 is 18.0 Å². The highest BCUT2D eigenvalue weighted by atomic mass is 19.2. The van der Waals surface area contributed by atoms with E-state index in [1.165, 1.54) is 19.9 Å². The van der Waals surface area contributed by atoms with Gasteiger partial charge in [-0.1, -0.05) is 0 Å². The quantitative estimate of drug-likeness (QED) is 0.725. The van der Waals surface area contributed by atoms with Crippen molar-refractivity contribution in [1.82, 2.24) is 0 Å². The van der Waals surface area contributed by atoms with Gasteiger partial charge in [0.15, 0.2) is 11.6 Å². The molecule has 1 aromatic carbocycles. The fourth-order valence-corrected chi connectivity index (χ4v) is 1.39. The van der Waals surface area contributed by atoms with E-state index in [1.807, 2.05) is 0 Å². The van der Waals surface area contributed by atoms with Crippen molar-refractivity contribution in [3.8, 4) is 0 Å². The second-order valence-corrected chi connectivity index (χ2v) is 4.11. The number of carbonyl (C=O) groups excluding carboxylic acids is 1. The van der Waals surface area contributed by atoms with Crippen molar-refractivity contribution in [3.63, 3.8) is 0 Å². The lowest BCUT2D eigenvalue weighted by Gasteiger charge is -2.16. The minimum Gasteiger partial charge on any atom is -0.303 e. The first kappa shape index (κ1) is 12.7. The minimum absolute atomic E-state index is 0.0350. The summed E-state index contributed by atoms with van der Waals surface area (Å²) in [5.74, 6) is -2.08. The number of rotatable bonds is 4. The Hall–Kier alpha value is -1.32. The van der Waals surface area contributed by atoms with Gasteiger partial charge in [-0.15, -0.1) is 0 Å². The van der Waals surface area contributed by atoms with Gasteiger partial charge in [-0.2, -0.15) is 0 Å². The van der Waals surface area contributed by atoms with Gasteiger partial charge in [-0.05, 0) is 43.5 Å². The van der Waals surface area contributed by atoms with Crippen LogP contribution in [0.25, 0.3) is 0 Å². The molecule has 88 valence electrons. The average Bonchev–Trinajstić information content (AvgIpc) is 2.18. The van der Waals surface area contributed by atoms with Crippen LogP contribution in [0.2, 0.25) is 0 Å². The van der Waals surface area contributed by atoms with E-state index >= 15 is 0 Å². The number of carbonyl (C=O) groups is 1. The average molecular weight is 230 g/mol. The Bertz CT molecular complexity index is 394.